The summed E-state index contributed by atoms with van der Waals surface area (Å²) in [5.74, 6) is 0. The van der Waals surface area contributed by atoms with E-state index in [-0.39, 0.29) is 5.56 Å². The van der Waals surface area contributed by atoms with Gasteiger partial charge in [-0.05, 0) is 17.2 Å². The monoisotopic (exact) mass is 328 g/mol. The lowest BCUT2D eigenvalue weighted by Gasteiger charge is -2.05. The standard InChI is InChI=1S/C16H13BrN2O/c17-14-9-5-4-8-13(14)11-19-16(20)10-15(18-19)12-6-2-1-3-7-12/h1-10,18H,11H2. The third-order valence-corrected chi connectivity index (χ3v) is 3.93. The van der Waals surface area contributed by atoms with Gasteiger partial charge >= 0.3 is 0 Å². The summed E-state index contributed by atoms with van der Waals surface area (Å²) in [6.45, 7) is 0.521. The molecule has 1 aromatic heterocycles. The largest absolute Gasteiger partial charge is 0.295 e. The summed E-state index contributed by atoms with van der Waals surface area (Å²) in [6.07, 6.45) is 0. The van der Waals surface area contributed by atoms with Gasteiger partial charge in [0.2, 0.25) is 0 Å². The molecule has 0 atom stereocenters. The molecular formula is C16H13BrN2O. The van der Waals surface area contributed by atoms with Crippen molar-refractivity contribution >= 4 is 15.9 Å². The molecule has 0 amide bonds. The zero-order chi connectivity index (χ0) is 13.9. The van der Waals surface area contributed by atoms with Crippen LogP contribution in [-0.4, -0.2) is 9.78 Å². The molecule has 3 nitrogen and oxygen atoms in total. The second-order valence-corrected chi connectivity index (χ2v) is 5.41. The van der Waals surface area contributed by atoms with Crippen LogP contribution in [-0.2, 0) is 6.54 Å². The fourth-order valence-electron chi connectivity index (χ4n) is 2.11. The molecule has 0 fully saturated rings. The first-order chi connectivity index (χ1) is 9.74. The summed E-state index contributed by atoms with van der Waals surface area (Å²) in [4.78, 5) is 12.0. The van der Waals surface area contributed by atoms with Crippen molar-refractivity contribution in [2.75, 3.05) is 0 Å². The second kappa shape index (κ2) is 5.51. The Morgan fingerprint density at radius 3 is 2.45 bits per heavy atom. The Kier molecular flexibility index (Phi) is 3.56. The summed E-state index contributed by atoms with van der Waals surface area (Å²) >= 11 is 3.50. The molecule has 1 heterocycles. The third-order valence-electron chi connectivity index (χ3n) is 3.16. The van der Waals surface area contributed by atoms with Gasteiger partial charge in [-0.1, -0.05) is 64.5 Å². The van der Waals surface area contributed by atoms with E-state index in [1.54, 1.807) is 10.7 Å². The molecule has 0 bridgehead atoms. The van der Waals surface area contributed by atoms with Crippen molar-refractivity contribution in [1.29, 1.82) is 0 Å². The molecule has 3 rings (SSSR count). The van der Waals surface area contributed by atoms with E-state index in [0.717, 1.165) is 21.3 Å². The van der Waals surface area contributed by atoms with E-state index in [4.69, 9.17) is 0 Å². The smallest absolute Gasteiger partial charge is 0.267 e. The average Bonchev–Trinajstić information content (AvgIpc) is 2.84. The van der Waals surface area contributed by atoms with E-state index in [9.17, 15) is 4.79 Å². The minimum absolute atomic E-state index is 0.0281. The lowest BCUT2D eigenvalue weighted by atomic mass is 10.2. The van der Waals surface area contributed by atoms with Crippen LogP contribution in [0.5, 0.6) is 0 Å². The highest BCUT2D eigenvalue weighted by atomic mass is 79.9. The average molecular weight is 329 g/mol. The maximum Gasteiger partial charge on any atom is 0.267 e. The van der Waals surface area contributed by atoms with Gasteiger partial charge in [0.25, 0.3) is 5.56 Å². The molecule has 1 N–H and O–H groups in total. The van der Waals surface area contributed by atoms with E-state index in [1.165, 1.54) is 0 Å². The molecule has 3 aromatic rings. The Morgan fingerprint density at radius 2 is 1.70 bits per heavy atom. The van der Waals surface area contributed by atoms with Crippen LogP contribution in [0.4, 0.5) is 0 Å². The van der Waals surface area contributed by atoms with Crippen LogP contribution in [0.25, 0.3) is 11.3 Å². The number of nitrogens with zero attached hydrogens (tertiary/aromatic N) is 1. The fourth-order valence-corrected chi connectivity index (χ4v) is 2.52. The molecule has 0 unspecified atom stereocenters. The summed E-state index contributed by atoms with van der Waals surface area (Å²) in [6, 6.07) is 19.4. The molecule has 20 heavy (non-hydrogen) atoms. The molecule has 0 radical (unpaired) electrons. The molecular weight excluding hydrogens is 316 g/mol. The van der Waals surface area contributed by atoms with Crippen LogP contribution in [0.2, 0.25) is 0 Å². The second-order valence-electron chi connectivity index (χ2n) is 4.55. The van der Waals surface area contributed by atoms with Crippen LogP contribution in [0.15, 0.2) is 69.9 Å². The Labute approximate surface area is 125 Å². The van der Waals surface area contributed by atoms with Crippen LogP contribution < -0.4 is 5.56 Å². The van der Waals surface area contributed by atoms with Crippen molar-refractivity contribution in [1.82, 2.24) is 9.78 Å². The highest BCUT2D eigenvalue weighted by Gasteiger charge is 2.06. The lowest BCUT2D eigenvalue weighted by molar-refractivity contribution is 0.664. The van der Waals surface area contributed by atoms with E-state index < -0.39 is 0 Å². The summed E-state index contributed by atoms with van der Waals surface area (Å²) in [5, 5.41) is 3.16. The minimum atomic E-state index is -0.0281. The van der Waals surface area contributed by atoms with Gasteiger partial charge in [-0.15, -0.1) is 0 Å². The number of rotatable bonds is 3. The molecule has 2 aromatic carbocycles. The molecule has 0 saturated heterocycles. The van der Waals surface area contributed by atoms with Crippen molar-refractivity contribution in [2.24, 2.45) is 0 Å². The first kappa shape index (κ1) is 12.9. The predicted molar refractivity (Wildman–Crippen MR) is 83.7 cm³/mol. The first-order valence-corrected chi connectivity index (χ1v) is 7.12. The molecule has 4 heteroatoms. The van der Waals surface area contributed by atoms with Crippen molar-refractivity contribution in [3.8, 4) is 11.3 Å². The van der Waals surface area contributed by atoms with Crippen molar-refractivity contribution in [3.63, 3.8) is 0 Å². The Bertz CT molecular complexity index is 774. The summed E-state index contributed by atoms with van der Waals surface area (Å²) in [5.41, 5.74) is 2.88. The predicted octanol–water partition coefficient (Wildman–Crippen LogP) is 3.65. The van der Waals surface area contributed by atoms with Gasteiger partial charge < -0.3 is 0 Å². The lowest BCUT2D eigenvalue weighted by Crippen LogP contribution is -2.16. The van der Waals surface area contributed by atoms with E-state index in [1.807, 2.05) is 54.6 Å². The maximum atomic E-state index is 12.0. The van der Waals surface area contributed by atoms with Crippen molar-refractivity contribution in [3.05, 3.63) is 81.1 Å². The van der Waals surface area contributed by atoms with Crippen LogP contribution in [0.1, 0.15) is 5.56 Å². The molecule has 0 aliphatic carbocycles. The highest BCUT2D eigenvalue weighted by molar-refractivity contribution is 9.10. The van der Waals surface area contributed by atoms with E-state index in [2.05, 4.69) is 21.0 Å². The zero-order valence-electron chi connectivity index (χ0n) is 10.7. The minimum Gasteiger partial charge on any atom is -0.295 e. The quantitative estimate of drug-likeness (QED) is 0.782. The van der Waals surface area contributed by atoms with Gasteiger partial charge in [-0.3, -0.25) is 9.89 Å². The number of hydrogen-bond donors (Lipinski definition) is 1. The van der Waals surface area contributed by atoms with E-state index in [0.29, 0.717) is 6.54 Å². The maximum absolute atomic E-state index is 12.0. The summed E-state index contributed by atoms with van der Waals surface area (Å²) in [7, 11) is 0. The molecule has 0 saturated carbocycles. The SMILES string of the molecule is O=c1cc(-c2ccccc2)[nH]n1Cc1ccccc1Br. The first-order valence-electron chi connectivity index (χ1n) is 6.33. The third kappa shape index (κ3) is 2.60. The number of hydrogen-bond acceptors (Lipinski definition) is 1. The van der Waals surface area contributed by atoms with Gasteiger partial charge in [0.15, 0.2) is 0 Å². The van der Waals surface area contributed by atoms with Gasteiger partial charge in [0.1, 0.15) is 0 Å². The Balaban J connectivity index is 1.95. The normalized spacial score (nSPS) is 10.7. The van der Waals surface area contributed by atoms with Crippen LogP contribution in [0.3, 0.4) is 0 Å². The van der Waals surface area contributed by atoms with Gasteiger partial charge in [-0.2, -0.15) is 0 Å². The van der Waals surface area contributed by atoms with Crippen molar-refractivity contribution < 1.29 is 0 Å². The number of nitrogens with one attached hydrogen (secondary N) is 1. The van der Waals surface area contributed by atoms with Crippen LogP contribution in [0, 0.1) is 0 Å². The number of aromatic nitrogens is 2. The van der Waals surface area contributed by atoms with Gasteiger partial charge in [0.05, 0.1) is 12.2 Å². The van der Waals surface area contributed by atoms with Gasteiger partial charge in [-0.25, -0.2) is 4.68 Å². The topological polar surface area (TPSA) is 37.8 Å². The Morgan fingerprint density at radius 1 is 1.00 bits per heavy atom. The number of halogens is 1. The molecule has 0 aliphatic heterocycles. The number of benzene rings is 2. The molecule has 100 valence electrons. The molecule has 0 spiro atoms. The number of H-pyrrole nitrogens is 1. The van der Waals surface area contributed by atoms with Crippen LogP contribution >= 0.6 is 15.9 Å². The number of aromatic amines is 1. The van der Waals surface area contributed by atoms with Crippen molar-refractivity contribution in [2.45, 2.75) is 6.54 Å². The van der Waals surface area contributed by atoms with Gasteiger partial charge in [0, 0.05) is 10.5 Å². The summed E-state index contributed by atoms with van der Waals surface area (Å²) < 4.78 is 2.62. The Hall–Kier alpha value is -2.07. The zero-order valence-corrected chi connectivity index (χ0v) is 12.3. The van der Waals surface area contributed by atoms with E-state index >= 15 is 0 Å². The molecule has 0 aliphatic rings. The highest BCUT2D eigenvalue weighted by Crippen LogP contribution is 2.18. The fraction of sp³-hybridized carbons (Fsp3) is 0.0625.